The first-order chi connectivity index (χ1) is 9.04. The highest BCUT2D eigenvalue weighted by Crippen LogP contribution is 2.22. The zero-order valence-corrected chi connectivity index (χ0v) is 12.3. The van der Waals surface area contributed by atoms with Crippen LogP contribution in [-0.4, -0.2) is 32.5 Å². The molecule has 0 spiro atoms. The largest absolute Gasteiger partial charge is 0.497 e. The van der Waals surface area contributed by atoms with Crippen molar-refractivity contribution in [3.05, 3.63) is 29.8 Å². The summed E-state index contributed by atoms with van der Waals surface area (Å²) in [5, 5.41) is 0. The summed E-state index contributed by atoms with van der Waals surface area (Å²) in [5.41, 5.74) is 7.04. The molecule has 0 amide bonds. The maximum Gasteiger partial charge on any atom is 0.118 e. The predicted molar refractivity (Wildman–Crippen MR) is 76.4 cm³/mol. The highest BCUT2D eigenvalue weighted by molar-refractivity contribution is 5.29. The Hall–Kier alpha value is -1.10. The van der Waals surface area contributed by atoms with E-state index in [0.29, 0.717) is 13.2 Å². The van der Waals surface area contributed by atoms with E-state index in [9.17, 15) is 0 Å². The quantitative estimate of drug-likeness (QED) is 0.735. The molecule has 0 heterocycles. The normalized spacial score (nSPS) is 14.4. The Morgan fingerprint density at radius 3 is 2.05 bits per heavy atom. The highest BCUT2D eigenvalue weighted by Gasteiger charge is 2.16. The van der Waals surface area contributed by atoms with E-state index in [1.807, 2.05) is 45.0 Å². The number of benzene rings is 1. The third-order valence-electron chi connectivity index (χ3n) is 2.75. The Labute approximate surface area is 115 Å². The summed E-state index contributed by atoms with van der Waals surface area (Å²) < 4.78 is 16.4. The molecule has 0 aliphatic carbocycles. The van der Waals surface area contributed by atoms with E-state index >= 15 is 0 Å². The van der Waals surface area contributed by atoms with Crippen molar-refractivity contribution in [3.63, 3.8) is 0 Å². The van der Waals surface area contributed by atoms with Crippen LogP contribution in [0, 0.1) is 0 Å². The van der Waals surface area contributed by atoms with Crippen LogP contribution in [0.1, 0.15) is 32.4 Å². The van der Waals surface area contributed by atoms with Crippen molar-refractivity contribution in [2.45, 2.75) is 39.0 Å². The predicted octanol–water partition coefficient (Wildman–Crippen LogP) is 2.53. The summed E-state index contributed by atoms with van der Waals surface area (Å²) in [6, 6.07) is 7.72. The van der Waals surface area contributed by atoms with Gasteiger partial charge >= 0.3 is 0 Å². The van der Waals surface area contributed by atoms with Crippen LogP contribution in [0.25, 0.3) is 0 Å². The van der Waals surface area contributed by atoms with E-state index in [4.69, 9.17) is 19.9 Å². The third kappa shape index (κ3) is 5.59. The van der Waals surface area contributed by atoms with Crippen LogP contribution in [0.4, 0.5) is 0 Å². The fourth-order valence-electron chi connectivity index (χ4n) is 1.80. The minimum atomic E-state index is -0.123. The molecule has 0 aliphatic heterocycles. The van der Waals surface area contributed by atoms with Gasteiger partial charge in [-0.2, -0.15) is 0 Å². The van der Waals surface area contributed by atoms with Crippen molar-refractivity contribution >= 4 is 0 Å². The molecule has 0 radical (unpaired) electrons. The number of methoxy groups -OCH3 is 1. The standard InChI is InChI=1S/C15H25NO3/c1-11(2)18-9-10-19-15(12(3)16)13-5-7-14(17-4)8-6-13/h5-8,11-12,15H,9-10,16H2,1-4H3. The molecule has 0 aliphatic rings. The first-order valence-electron chi connectivity index (χ1n) is 6.67. The fraction of sp³-hybridized carbons (Fsp3) is 0.600. The van der Waals surface area contributed by atoms with E-state index in [1.54, 1.807) is 7.11 Å². The Morgan fingerprint density at radius 2 is 1.58 bits per heavy atom. The molecule has 0 aromatic heterocycles. The molecule has 4 nitrogen and oxygen atoms in total. The number of nitrogens with two attached hydrogens (primary N) is 1. The van der Waals surface area contributed by atoms with Crippen LogP contribution in [-0.2, 0) is 9.47 Å². The van der Waals surface area contributed by atoms with Crippen LogP contribution < -0.4 is 10.5 Å². The van der Waals surface area contributed by atoms with E-state index < -0.39 is 0 Å². The summed E-state index contributed by atoms with van der Waals surface area (Å²) in [7, 11) is 1.65. The summed E-state index contributed by atoms with van der Waals surface area (Å²) in [4.78, 5) is 0. The van der Waals surface area contributed by atoms with Crippen LogP contribution in [0.15, 0.2) is 24.3 Å². The molecule has 2 N–H and O–H groups in total. The topological polar surface area (TPSA) is 53.7 Å². The maximum atomic E-state index is 5.98. The first kappa shape index (κ1) is 16.0. The number of hydrogen-bond donors (Lipinski definition) is 1. The third-order valence-corrected chi connectivity index (χ3v) is 2.75. The number of rotatable bonds is 8. The lowest BCUT2D eigenvalue weighted by molar-refractivity contribution is -0.0201. The van der Waals surface area contributed by atoms with Gasteiger partial charge < -0.3 is 19.9 Å². The van der Waals surface area contributed by atoms with E-state index in [-0.39, 0.29) is 18.2 Å². The number of hydrogen-bond acceptors (Lipinski definition) is 4. The molecule has 2 atom stereocenters. The lowest BCUT2D eigenvalue weighted by Gasteiger charge is -2.22. The van der Waals surface area contributed by atoms with Gasteiger partial charge in [-0.3, -0.25) is 0 Å². The second-order valence-electron chi connectivity index (χ2n) is 4.84. The van der Waals surface area contributed by atoms with E-state index in [2.05, 4.69) is 0 Å². The van der Waals surface area contributed by atoms with E-state index in [1.165, 1.54) is 0 Å². The van der Waals surface area contributed by atoms with Crippen molar-refractivity contribution in [1.29, 1.82) is 0 Å². The lowest BCUT2D eigenvalue weighted by Crippen LogP contribution is -2.28. The van der Waals surface area contributed by atoms with Crippen molar-refractivity contribution < 1.29 is 14.2 Å². The SMILES string of the molecule is COc1ccc(C(OCCOC(C)C)C(C)N)cc1. The summed E-state index contributed by atoms with van der Waals surface area (Å²) in [5.74, 6) is 0.829. The molecule has 0 saturated carbocycles. The van der Waals surface area contributed by atoms with Gasteiger partial charge in [0.25, 0.3) is 0 Å². The van der Waals surface area contributed by atoms with Crippen molar-refractivity contribution in [2.75, 3.05) is 20.3 Å². The maximum absolute atomic E-state index is 5.98. The van der Waals surface area contributed by atoms with Gasteiger partial charge in [0, 0.05) is 6.04 Å². The van der Waals surface area contributed by atoms with Gasteiger partial charge in [-0.15, -0.1) is 0 Å². The van der Waals surface area contributed by atoms with Crippen LogP contribution >= 0.6 is 0 Å². The second kappa shape index (κ2) is 8.15. The zero-order valence-electron chi connectivity index (χ0n) is 12.3. The Bertz CT molecular complexity index is 349. The molecule has 1 aromatic carbocycles. The second-order valence-corrected chi connectivity index (χ2v) is 4.84. The summed E-state index contributed by atoms with van der Waals surface area (Å²) in [6.45, 7) is 7.07. The monoisotopic (exact) mass is 267 g/mol. The molecule has 0 bridgehead atoms. The van der Waals surface area contributed by atoms with Gasteiger partial charge in [-0.05, 0) is 38.5 Å². The molecule has 1 rings (SSSR count). The van der Waals surface area contributed by atoms with Crippen molar-refractivity contribution in [3.8, 4) is 5.75 Å². The first-order valence-corrected chi connectivity index (χ1v) is 6.67. The molecule has 0 fully saturated rings. The highest BCUT2D eigenvalue weighted by atomic mass is 16.5. The molecule has 108 valence electrons. The molecule has 2 unspecified atom stereocenters. The zero-order chi connectivity index (χ0) is 14.3. The Balaban J connectivity index is 2.56. The summed E-state index contributed by atoms with van der Waals surface area (Å²) >= 11 is 0. The fourth-order valence-corrected chi connectivity index (χ4v) is 1.80. The van der Waals surface area contributed by atoms with Gasteiger partial charge in [-0.25, -0.2) is 0 Å². The van der Waals surface area contributed by atoms with Gasteiger partial charge in [0.15, 0.2) is 0 Å². The molecular formula is C15H25NO3. The van der Waals surface area contributed by atoms with Gasteiger partial charge in [-0.1, -0.05) is 12.1 Å². The van der Waals surface area contributed by atoms with Gasteiger partial charge in [0.05, 0.1) is 32.5 Å². The van der Waals surface area contributed by atoms with Crippen molar-refractivity contribution in [1.82, 2.24) is 0 Å². The van der Waals surface area contributed by atoms with Crippen molar-refractivity contribution in [2.24, 2.45) is 5.73 Å². The van der Waals surface area contributed by atoms with E-state index in [0.717, 1.165) is 11.3 Å². The van der Waals surface area contributed by atoms with Crippen LogP contribution in [0.5, 0.6) is 5.75 Å². The average molecular weight is 267 g/mol. The van der Waals surface area contributed by atoms with Gasteiger partial charge in [0.2, 0.25) is 0 Å². The minimum absolute atomic E-state index is 0.0764. The number of ether oxygens (including phenoxy) is 3. The lowest BCUT2D eigenvalue weighted by atomic mass is 10.0. The van der Waals surface area contributed by atoms with Crippen LogP contribution in [0.3, 0.4) is 0 Å². The molecular weight excluding hydrogens is 242 g/mol. The minimum Gasteiger partial charge on any atom is -0.497 e. The smallest absolute Gasteiger partial charge is 0.118 e. The molecule has 1 aromatic rings. The Kier molecular flexibility index (Phi) is 6.84. The Morgan fingerprint density at radius 1 is 1.00 bits per heavy atom. The van der Waals surface area contributed by atoms with Crippen LogP contribution in [0.2, 0.25) is 0 Å². The molecule has 4 heteroatoms. The summed E-state index contributed by atoms with van der Waals surface area (Å²) in [6.07, 6.45) is 0.0972. The molecule has 0 saturated heterocycles. The average Bonchev–Trinajstić information content (AvgIpc) is 2.38. The molecule has 19 heavy (non-hydrogen) atoms. The van der Waals surface area contributed by atoms with Gasteiger partial charge in [0.1, 0.15) is 5.75 Å².